The van der Waals surface area contributed by atoms with Crippen molar-refractivity contribution in [1.29, 1.82) is 0 Å². The number of phenolic OH excluding ortho intramolecular Hbond substituents is 1. The Bertz CT molecular complexity index is 397. The number of benzene rings is 1. The van der Waals surface area contributed by atoms with E-state index in [-0.39, 0.29) is 11.7 Å². The summed E-state index contributed by atoms with van der Waals surface area (Å²) in [6.45, 7) is 2.81. The maximum Gasteiger partial charge on any atom is 0.220 e. The SMILES string of the molecule is O=C(CCC1CCNC1)NCCc1ccc(O)cc1. The van der Waals surface area contributed by atoms with Crippen LogP contribution in [-0.4, -0.2) is 30.6 Å². The molecule has 1 amide bonds. The molecule has 1 saturated heterocycles. The summed E-state index contributed by atoms with van der Waals surface area (Å²) >= 11 is 0. The Balaban J connectivity index is 1.59. The van der Waals surface area contributed by atoms with Crippen LogP contribution < -0.4 is 10.6 Å². The van der Waals surface area contributed by atoms with Crippen LogP contribution >= 0.6 is 0 Å². The highest BCUT2D eigenvalue weighted by Crippen LogP contribution is 2.14. The lowest BCUT2D eigenvalue weighted by atomic mass is 10.0. The van der Waals surface area contributed by atoms with Gasteiger partial charge in [0.2, 0.25) is 5.91 Å². The van der Waals surface area contributed by atoms with Gasteiger partial charge in [-0.15, -0.1) is 0 Å². The third-order valence-corrected chi connectivity index (χ3v) is 3.61. The fraction of sp³-hybridized carbons (Fsp3) is 0.533. The van der Waals surface area contributed by atoms with Crippen LogP contribution in [0.3, 0.4) is 0 Å². The fourth-order valence-electron chi connectivity index (χ4n) is 2.39. The van der Waals surface area contributed by atoms with Gasteiger partial charge in [0.25, 0.3) is 0 Å². The van der Waals surface area contributed by atoms with Gasteiger partial charge in [-0.1, -0.05) is 12.1 Å². The van der Waals surface area contributed by atoms with Crippen molar-refractivity contribution < 1.29 is 9.90 Å². The van der Waals surface area contributed by atoms with Gasteiger partial charge in [-0.2, -0.15) is 0 Å². The molecule has 0 radical (unpaired) electrons. The number of phenols is 1. The summed E-state index contributed by atoms with van der Waals surface area (Å²) in [5.41, 5.74) is 1.12. The molecule has 1 fully saturated rings. The zero-order valence-electron chi connectivity index (χ0n) is 11.2. The molecule has 1 unspecified atom stereocenters. The molecule has 1 aromatic carbocycles. The van der Waals surface area contributed by atoms with Gasteiger partial charge in [-0.05, 0) is 56.0 Å². The average Bonchev–Trinajstić information content (AvgIpc) is 2.92. The topological polar surface area (TPSA) is 61.4 Å². The van der Waals surface area contributed by atoms with Crippen molar-refractivity contribution in [2.45, 2.75) is 25.7 Å². The Morgan fingerprint density at radius 3 is 2.84 bits per heavy atom. The van der Waals surface area contributed by atoms with Crippen molar-refractivity contribution in [1.82, 2.24) is 10.6 Å². The van der Waals surface area contributed by atoms with E-state index in [4.69, 9.17) is 5.11 Å². The summed E-state index contributed by atoms with van der Waals surface area (Å²) in [5.74, 6) is 1.09. The summed E-state index contributed by atoms with van der Waals surface area (Å²) in [7, 11) is 0. The highest BCUT2D eigenvalue weighted by Gasteiger charge is 2.15. The van der Waals surface area contributed by atoms with Gasteiger partial charge in [0.05, 0.1) is 0 Å². The van der Waals surface area contributed by atoms with Crippen LogP contribution in [0.4, 0.5) is 0 Å². The minimum absolute atomic E-state index is 0.144. The van der Waals surface area contributed by atoms with Crippen LogP contribution in [0, 0.1) is 5.92 Å². The molecule has 1 atom stereocenters. The Morgan fingerprint density at radius 2 is 2.16 bits per heavy atom. The minimum atomic E-state index is 0.144. The third-order valence-electron chi connectivity index (χ3n) is 3.61. The lowest BCUT2D eigenvalue weighted by Gasteiger charge is -2.08. The summed E-state index contributed by atoms with van der Waals surface area (Å²) in [6.07, 6.45) is 3.61. The van der Waals surface area contributed by atoms with Crippen LogP contribution in [0.1, 0.15) is 24.8 Å². The number of carbonyl (C=O) groups excluding carboxylic acids is 1. The van der Waals surface area contributed by atoms with Gasteiger partial charge in [-0.3, -0.25) is 4.79 Å². The Morgan fingerprint density at radius 1 is 1.37 bits per heavy atom. The molecule has 1 heterocycles. The van der Waals surface area contributed by atoms with Crippen LogP contribution in [0.2, 0.25) is 0 Å². The van der Waals surface area contributed by atoms with E-state index in [9.17, 15) is 4.79 Å². The molecule has 1 aromatic rings. The van der Waals surface area contributed by atoms with Crippen molar-refractivity contribution in [2.75, 3.05) is 19.6 Å². The second-order valence-corrected chi connectivity index (χ2v) is 5.16. The highest BCUT2D eigenvalue weighted by atomic mass is 16.3. The maximum absolute atomic E-state index is 11.7. The number of carbonyl (C=O) groups is 1. The molecule has 4 nitrogen and oxygen atoms in total. The van der Waals surface area contributed by atoms with E-state index >= 15 is 0 Å². The van der Waals surface area contributed by atoms with E-state index < -0.39 is 0 Å². The first-order valence-electron chi connectivity index (χ1n) is 6.99. The molecule has 0 saturated carbocycles. The minimum Gasteiger partial charge on any atom is -0.508 e. The van der Waals surface area contributed by atoms with E-state index in [1.807, 2.05) is 12.1 Å². The van der Waals surface area contributed by atoms with Crippen LogP contribution in [0.15, 0.2) is 24.3 Å². The van der Waals surface area contributed by atoms with E-state index in [1.54, 1.807) is 12.1 Å². The third kappa shape index (κ3) is 4.91. The molecule has 0 spiro atoms. The average molecular weight is 262 g/mol. The first-order chi connectivity index (χ1) is 9.24. The first-order valence-corrected chi connectivity index (χ1v) is 6.99. The zero-order valence-corrected chi connectivity index (χ0v) is 11.2. The van der Waals surface area contributed by atoms with Gasteiger partial charge in [0.1, 0.15) is 5.75 Å². The first kappa shape index (κ1) is 13.9. The van der Waals surface area contributed by atoms with Gasteiger partial charge >= 0.3 is 0 Å². The molecule has 0 bridgehead atoms. The van der Waals surface area contributed by atoms with Crippen LogP contribution in [0.5, 0.6) is 5.75 Å². The molecule has 3 N–H and O–H groups in total. The van der Waals surface area contributed by atoms with Crippen molar-refractivity contribution in [3.63, 3.8) is 0 Å². The molecule has 0 aliphatic carbocycles. The number of rotatable bonds is 6. The number of hydrogen-bond donors (Lipinski definition) is 3. The predicted octanol–water partition coefficient (Wildman–Crippen LogP) is 1.44. The van der Waals surface area contributed by atoms with Crippen molar-refractivity contribution >= 4 is 5.91 Å². The van der Waals surface area contributed by atoms with E-state index in [1.165, 1.54) is 6.42 Å². The standard InChI is InChI=1S/C15H22N2O2/c18-14-4-1-12(2-5-14)8-10-17-15(19)6-3-13-7-9-16-11-13/h1-2,4-5,13,16,18H,3,6-11H2,(H,17,19). The lowest BCUT2D eigenvalue weighted by molar-refractivity contribution is -0.121. The quantitative estimate of drug-likeness (QED) is 0.727. The monoisotopic (exact) mass is 262 g/mol. The second kappa shape index (κ2) is 7.14. The summed E-state index contributed by atoms with van der Waals surface area (Å²) in [4.78, 5) is 11.7. The molecular formula is C15H22N2O2. The second-order valence-electron chi connectivity index (χ2n) is 5.16. The normalized spacial score (nSPS) is 18.4. The highest BCUT2D eigenvalue weighted by molar-refractivity contribution is 5.75. The predicted molar refractivity (Wildman–Crippen MR) is 75.0 cm³/mol. The van der Waals surface area contributed by atoms with Gasteiger partial charge in [0, 0.05) is 13.0 Å². The molecular weight excluding hydrogens is 240 g/mol. The molecule has 104 valence electrons. The molecule has 1 aliphatic heterocycles. The van der Waals surface area contributed by atoms with Gasteiger partial charge in [-0.25, -0.2) is 0 Å². The zero-order chi connectivity index (χ0) is 13.5. The summed E-state index contributed by atoms with van der Waals surface area (Å²) in [5, 5.41) is 15.4. The van der Waals surface area contributed by atoms with Gasteiger partial charge < -0.3 is 15.7 Å². The molecule has 2 rings (SSSR count). The van der Waals surface area contributed by atoms with Crippen LogP contribution in [-0.2, 0) is 11.2 Å². The molecule has 4 heteroatoms. The van der Waals surface area contributed by atoms with Crippen molar-refractivity contribution in [3.05, 3.63) is 29.8 Å². The number of aromatic hydroxyl groups is 1. The number of hydrogen-bond acceptors (Lipinski definition) is 3. The molecule has 0 aromatic heterocycles. The number of nitrogens with one attached hydrogen (secondary N) is 2. The van der Waals surface area contributed by atoms with E-state index in [0.29, 0.717) is 18.9 Å². The van der Waals surface area contributed by atoms with Crippen LogP contribution in [0.25, 0.3) is 0 Å². The maximum atomic E-state index is 11.7. The summed E-state index contributed by atoms with van der Waals surface area (Å²) in [6, 6.07) is 7.10. The van der Waals surface area contributed by atoms with Crippen molar-refractivity contribution in [3.8, 4) is 5.75 Å². The smallest absolute Gasteiger partial charge is 0.220 e. The van der Waals surface area contributed by atoms with Gasteiger partial charge in [0.15, 0.2) is 0 Å². The fourth-order valence-corrected chi connectivity index (χ4v) is 2.39. The van der Waals surface area contributed by atoms with E-state index in [2.05, 4.69) is 10.6 Å². The largest absolute Gasteiger partial charge is 0.508 e. The Hall–Kier alpha value is -1.55. The summed E-state index contributed by atoms with van der Waals surface area (Å²) < 4.78 is 0. The Labute approximate surface area is 114 Å². The molecule has 19 heavy (non-hydrogen) atoms. The lowest BCUT2D eigenvalue weighted by Crippen LogP contribution is -2.26. The molecule has 1 aliphatic rings. The number of amides is 1. The Kier molecular flexibility index (Phi) is 5.21. The van der Waals surface area contributed by atoms with E-state index in [0.717, 1.165) is 31.5 Å². The van der Waals surface area contributed by atoms with Crippen molar-refractivity contribution in [2.24, 2.45) is 5.92 Å².